The molecule has 0 bridgehead atoms. The zero-order valence-electron chi connectivity index (χ0n) is 41.4. The summed E-state index contributed by atoms with van der Waals surface area (Å²) in [5.74, 6) is -2.31. The van der Waals surface area contributed by atoms with Crippen molar-refractivity contribution in [2.45, 2.75) is 187 Å². The van der Waals surface area contributed by atoms with Crippen molar-refractivity contribution in [3.63, 3.8) is 0 Å². The van der Waals surface area contributed by atoms with E-state index in [-0.39, 0.29) is 49.4 Å². The van der Waals surface area contributed by atoms with Crippen LogP contribution in [-0.2, 0) is 66.5 Å². The van der Waals surface area contributed by atoms with Crippen LogP contribution in [0.3, 0.4) is 0 Å². The van der Waals surface area contributed by atoms with E-state index in [1.54, 1.807) is 55.4 Å². The van der Waals surface area contributed by atoms with Crippen LogP contribution in [0.1, 0.15) is 109 Å². The molecule has 4 rings (SSSR count). The van der Waals surface area contributed by atoms with Gasteiger partial charge in [0.15, 0.2) is 36.2 Å². The molecule has 2 saturated heterocycles. The van der Waals surface area contributed by atoms with Crippen LogP contribution in [0.15, 0.2) is 30.4 Å². The number of allylic oxidation sites excluding steroid dienone is 1. The standard InChI is InChI=1S/C48H73N3O15/c1-17-21-58-48(13)24-28(4)38(54)27(3)23-46(11,66-45(56)51-20-19-49-26-51)36(18-2)63-43(55)31(7)39(64-37-25-47(12,57-16)42(32(8)60-37)62-34(10)53)30(6)41(48)65-44-40(61-33(9)52)35(50(14)15)22-29(5)59-44/h1,19-20,23,26,28-32,35-37,39-42,44H,18,21-22,24-25H2,2-16H3/b27-23+/t28-,29-,30+,31-,32+,35+,36+,37+,39+,40-,41-,42+,44+,46+,47-,48+/m1/s1. The molecule has 2 fully saturated rings. The summed E-state index contributed by atoms with van der Waals surface area (Å²) in [6.07, 6.45) is 3.01. The third-order valence-corrected chi connectivity index (χ3v) is 13.2. The molecule has 18 heteroatoms. The van der Waals surface area contributed by atoms with E-state index in [2.05, 4.69) is 10.9 Å². The highest BCUT2D eigenvalue weighted by Crippen LogP contribution is 2.42. The predicted molar refractivity (Wildman–Crippen MR) is 238 cm³/mol. The lowest BCUT2D eigenvalue weighted by molar-refractivity contribution is -0.321. The maximum atomic E-state index is 14.9. The van der Waals surface area contributed by atoms with Crippen LogP contribution in [0, 0.1) is 30.1 Å². The lowest BCUT2D eigenvalue weighted by atomic mass is 9.76. The molecule has 0 N–H and O–H groups in total. The van der Waals surface area contributed by atoms with Crippen molar-refractivity contribution in [1.82, 2.24) is 14.5 Å². The molecule has 16 atom stereocenters. The summed E-state index contributed by atoms with van der Waals surface area (Å²) >= 11 is 0. The molecule has 0 aliphatic carbocycles. The highest BCUT2D eigenvalue weighted by molar-refractivity contribution is 5.96. The van der Waals surface area contributed by atoms with Gasteiger partial charge in [0.05, 0.1) is 42.0 Å². The van der Waals surface area contributed by atoms with Crippen molar-refractivity contribution in [3.8, 4) is 12.3 Å². The van der Waals surface area contributed by atoms with Crippen molar-refractivity contribution in [2.75, 3.05) is 27.8 Å². The molecule has 0 spiro atoms. The number of terminal acetylenes is 1. The summed E-state index contributed by atoms with van der Waals surface area (Å²) in [6.45, 7) is 19.8. The van der Waals surface area contributed by atoms with Gasteiger partial charge in [-0.15, -0.1) is 6.42 Å². The fourth-order valence-electron chi connectivity index (χ4n) is 9.79. The Morgan fingerprint density at radius 3 is 2.18 bits per heavy atom. The number of esters is 3. The summed E-state index contributed by atoms with van der Waals surface area (Å²) in [6, 6.07) is -0.333. The average Bonchev–Trinajstić information content (AvgIpc) is 3.79. The first-order valence-electron chi connectivity index (χ1n) is 22.7. The van der Waals surface area contributed by atoms with Gasteiger partial charge < -0.3 is 52.3 Å². The number of likely N-dealkylation sites (N-methyl/N-ethyl adjacent to an activating group) is 1. The van der Waals surface area contributed by atoms with Crippen molar-refractivity contribution < 1.29 is 71.3 Å². The first-order chi connectivity index (χ1) is 30.8. The summed E-state index contributed by atoms with van der Waals surface area (Å²) in [4.78, 5) is 73.9. The first kappa shape index (κ1) is 54.4. The number of imidazole rings is 1. The second kappa shape index (κ2) is 22.7. The highest BCUT2D eigenvalue weighted by Gasteiger charge is 2.54. The largest absolute Gasteiger partial charge is 0.457 e. The van der Waals surface area contributed by atoms with E-state index in [1.165, 1.54) is 45.8 Å². The van der Waals surface area contributed by atoms with Crippen molar-refractivity contribution in [1.29, 1.82) is 0 Å². The van der Waals surface area contributed by atoms with Crippen LogP contribution in [0.5, 0.6) is 0 Å². The number of hydrogen-bond donors (Lipinski definition) is 0. The number of aromatic nitrogens is 2. The summed E-state index contributed by atoms with van der Waals surface area (Å²) in [5.41, 5.74) is -3.97. The van der Waals surface area contributed by atoms with E-state index < -0.39 is 108 Å². The Balaban J connectivity index is 1.97. The van der Waals surface area contributed by atoms with Gasteiger partial charge in [-0.2, -0.15) is 0 Å². The van der Waals surface area contributed by atoms with Gasteiger partial charge in [0, 0.05) is 51.6 Å². The van der Waals surface area contributed by atoms with Crippen LogP contribution in [0.25, 0.3) is 0 Å². The third kappa shape index (κ3) is 12.9. The molecular weight excluding hydrogens is 859 g/mol. The van der Waals surface area contributed by atoms with E-state index in [1.807, 2.05) is 32.8 Å². The van der Waals surface area contributed by atoms with Crippen molar-refractivity contribution in [2.24, 2.45) is 17.8 Å². The smallest absolute Gasteiger partial charge is 0.420 e. The van der Waals surface area contributed by atoms with Crippen LogP contribution in [0.4, 0.5) is 4.79 Å². The number of carbonyl (C=O) groups excluding carboxylic acids is 5. The summed E-state index contributed by atoms with van der Waals surface area (Å²) in [5, 5.41) is 0. The molecule has 0 saturated carbocycles. The van der Waals surface area contributed by atoms with Crippen LogP contribution in [0.2, 0.25) is 0 Å². The predicted octanol–water partition coefficient (Wildman–Crippen LogP) is 5.42. The van der Waals surface area contributed by atoms with Crippen LogP contribution in [-0.4, -0.2) is 150 Å². The van der Waals surface area contributed by atoms with Crippen LogP contribution >= 0.6 is 0 Å². The van der Waals surface area contributed by atoms with E-state index >= 15 is 0 Å². The van der Waals surface area contributed by atoms with E-state index in [0.717, 1.165) is 4.57 Å². The molecule has 4 heterocycles. The number of ketones is 1. The van der Waals surface area contributed by atoms with Gasteiger partial charge >= 0.3 is 24.0 Å². The molecule has 0 aromatic carbocycles. The normalized spacial score (nSPS) is 39.1. The zero-order chi connectivity index (χ0) is 49.5. The fourth-order valence-corrected chi connectivity index (χ4v) is 9.79. The van der Waals surface area contributed by atoms with Gasteiger partial charge in [-0.05, 0) is 93.5 Å². The highest BCUT2D eigenvalue weighted by atomic mass is 16.7. The number of hydrogen-bond acceptors (Lipinski definition) is 17. The number of methoxy groups -OCH3 is 1. The zero-order valence-corrected chi connectivity index (χ0v) is 41.4. The van der Waals surface area contributed by atoms with Gasteiger partial charge in [-0.1, -0.05) is 26.7 Å². The van der Waals surface area contributed by atoms with Gasteiger partial charge in [-0.25, -0.2) is 14.3 Å². The van der Waals surface area contributed by atoms with E-state index in [4.69, 9.17) is 53.8 Å². The lowest BCUT2D eigenvalue weighted by Gasteiger charge is -2.50. The Hall–Kier alpha value is -4.22. The van der Waals surface area contributed by atoms with Gasteiger partial charge in [0.1, 0.15) is 24.6 Å². The fraction of sp³-hybridized carbons (Fsp3) is 0.750. The number of carbonyl (C=O) groups is 5. The maximum Gasteiger partial charge on any atom is 0.420 e. The molecule has 1 aromatic heterocycles. The minimum absolute atomic E-state index is 0.0163. The first-order valence-corrected chi connectivity index (χ1v) is 22.7. The topological polar surface area (TPSA) is 199 Å². The molecule has 0 radical (unpaired) electrons. The SMILES string of the molecule is C#CCO[C@@]1(C)C[C@@H](C)C(=O)/C(C)=C/[C@](C)(OC(=O)n2ccnc2)[C@H](CC)OC(=O)[C@H](C)[C@@H](O[C@H]2C[C@@](C)(OC)[C@@H](OC(C)=O)[C@H](C)O2)[C@H](C)[C@H]1O[C@@H]1O[C@H](C)C[C@H](N(C)C)[C@H]1OC(C)=O. The molecule has 370 valence electrons. The minimum Gasteiger partial charge on any atom is -0.457 e. The van der Waals surface area contributed by atoms with Gasteiger partial charge in [-0.3, -0.25) is 19.2 Å². The van der Waals surface area contributed by atoms with Crippen molar-refractivity contribution in [3.05, 3.63) is 30.4 Å². The van der Waals surface area contributed by atoms with Gasteiger partial charge in [0.2, 0.25) is 0 Å². The molecule has 66 heavy (non-hydrogen) atoms. The third-order valence-electron chi connectivity index (χ3n) is 13.2. The van der Waals surface area contributed by atoms with Gasteiger partial charge in [0.25, 0.3) is 0 Å². The Morgan fingerprint density at radius 2 is 1.62 bits per heavy atom. The molecule has 18 nitrogen and oxygen atoms in total. The molecule has 3 aliphatic heterocycles. The number of nitrogens with zero attached hydrogens (tertiary/aromatic N) is 3. The Bertz CT molecular complexity index is 1920. The molecule has 1 aromatic rings. The monoisotopic (exact) mass is 932 g/mol. The average molecular weight is 932 g/mol. The second-order valence-electron chi connectivity index (χ2n) is 18.9. The number of Topliss-reactive ketones (excluding diaryl/α,β-unsaturated/α-hetero) is 1. The van der Waals surface area contributed by atoms with Crippen molar-refractivity contribution >= 4 is 29.8 Å². The van der Waals surface area contributed by atoms with E-state index in [0.29, 0.717) is 6.42 Å². The maximum absolute atomic E-state index is 14.9. The molecule has 3 aliphatic rings. The number of cyclic esters (lactones) is 1. The molecule has 0 unspecified atom stereocenters. The Kier molecular flexibility index (Phi) is 18.7. The second-order valence-corrected chi connectivity index (χ2v) is 18.9. The quantitative estimate of drug-likeness (QED) is 0.146. The van der Waals surface area contributed by atoms with Crippen LogP contribution < -0.4 is 0 Å². The molecule has 0 amide bonds. The Labute approximate surface area is 389 Å². The summed E-state index contributed by atoms with van der Waals surface area (Å²) < 4.78 is 64.8. The molecular formula is C48H73N3O15. The Morgan fingerprint density at radius 1 is 0.955 bits per heavy atom. The van der Waals surface area contributed by atoms with E-state index in [9.17, 15) is 24.0 Å². The summed E-state index contributed by atoms with van der Waals surface area (Å²) in [7, 11) is 5.25. The number of ether oxygens (including phenoxy) is 10. The minimum atomic E-state index is -1.66. The number of rotatable bonds is 12. The lowest BCUT2D eigenvalue weighted by Crippen LogP contribution is -2.62.